The van der Waals surface area contributed by atoms with Crippen molar-refractivity contribution in [2.75, 3.05) is 0 Å². The summed E-state index contributed by atoms with van der Waals surface area (Å²) in [6, 6.07) is 0. The molecule has 0 spiro atoms. The first-order chi connectivity index (χ1) is 1.73. The van der Waals surface area contributed by atoms with Crippen molar-refractivity contribution in [3.05, 3.63) is 0 Å². The minimum absolute atomic E-state index is 0. The van der Waals surface area contributed by atoms with Crippen molar-refractivity contribution >= 4 is 17.0 Å². The van der Waals surface area contributed by atoms with Crippen LogP contribution in [0.25, 0.3) is 0 Å². The van der Waals surface area contributed by atoms with Gasteiger partial charge in [0.05, 0.1) is 0 Å². The van der Waals surface area contributed by atoms with E-state index >= 15 is 0 Å². The number of rotatable bonds is 0. The van der Waals surface area contributed by atoms with E-state index in [9.17, 15) is 0 Å². The van der Waals surface area contributed by atoms with E-state index < -0.39 is 0 Å². The van der Waals surface area contributed by atoms with E-state index in [0.717, 1.165) is 5.92 Å². The molecule has 0 aromatic heterocycles. The summed E-state index contributed by atoms with van der Waals surface area (Å²) in [5.74, 6) is 0.833. The highest BCUT2D eigenvalue weighted by atomic mass is 79.9. The van der Waals surface area contributed by atoms with Gasteiger partial charge in [0.1, 0.15) is 0 Å². The fourth-order valence-corrected chi connectivity index (χ4v) is 0. The van der Waals surface area contributed by atoms with Crippen LogP contribution in [0.3, 0.4) is 0 Å². The second-order valence-electron chi connectivity index (χ2n) is 1.73. The zero-order chi connectivity index (χ0) is 3.58. The molecule has 0 aliphatic carbocycles. The Balaban J connectivity index is 0. The van der Waals surface area contributed by atoms with E-state index in [1.165, 1.54) is 0 Å². The van der Waals surface area contributed by atoms with Crippen LogP contribution in [-0.4, -0.2) is 0 Å². The normalized spacial score (nSPS) is 7.20. The molecule has 0 aliphatic rings. The maximum atomic E-state index is 2.17. The Labute approximate surface area is 44.3 Å². The summed E-state index contributed by atoms with van der Waals surface area (Å²) in [4.78, 5) is 0. The average molecular weight is 139 g/mol. The standard InChI is InChI=1S/C4H10.BrH/c1-4(2)3;/h4H,1-3H3;1H. The highest BCUT2D eigenvalue weighted by Crippen LogP contribution is 1.81. The van der Waals surface area contributed by atoms with E-state index in [1.807, 2.05) is 0 Å². The summed E-state index contributed by atoms with van der Waals surface area (Å²) >= 11 is 0. The molecule has 0 aromatic carbocycles. The molecule has 0 rings (SSSR count). The van der Waals surface area contributed by atoms with Crippen molar-refractivity contribution in [3.8, 4) is 0 Å². The summed E-state index contributed by atoms with van der Waals surface area (Å²) < 4.78 is 0. The van der Waals surface area contributed by atoms with Gasteiger partial charge in [-0.1, -0.05) is 20.8 Å². The first-order valence-corrected chi connectivity index (χ1v) is 1.73. The lowest BCUT2D eigenvalue weighted by molar-refractivity contribution is 0.737. The van der Waals surface area contributed by atoms with Gasteiger partial charge in [0.15, 0.2) is 0 Å². The van der Waals surface area contributed by atoms with Crippen LogP contribution in [0.5, 0.6) is 0 Å². The number of hydrogen-bond acceptors (Lipinski definition) is 0. The van der Waals surface area contributed by atoms with E-state index in [2.05, 4.69) is 20.8 Å². The first kappa shape index (κ1) is 9.08. The Morgan fingerprint density at radius 3 is 1.00 bits per heavy atom. The number of hydrogen-bond donors (Lipinski definition) is 0. The van der Waals surface area contributed by atoms with Crippen LogP contribution in [0.1, 0.15) is 20.8 Å². The van der Waals surface area contributed by atoms with Crippen LogP contribution in [0, 0.1) is 5.92 Å². The molecule has 0 atom stereocenters. The highest BCUT2D eigenvalue weighted by Gasteiger charge is 1.68. The Morgan fingerprint density at radius 1 is 1.00 bits per heavy atom. The lowest BCUT2D eigenvalue weighted by Crippen LogP contribution is -1.66. The largest absolute Gasteiger partial charge is 0.114 e. The molecule has 0 saturated heterocycles. The molecule has 0 amide bonds. The third-order valence-corrected chi connectivity index (χ3v) is 0. The van der Waals surface area contributed by atoms with Gasteiger partial charge in [0.25, 0.3) is 0 Å². The molecule has 0 unspecified atom stereocenters. The van der Waals surface area contributed by atoms with Gasteiger partial charge < -0.3 is 0 Å². The Hall–Kier alpha value is 0.480. The quantitative estimate of drug-likeness (QED) is 0.482. The minimum atomic E-state index is 0. The molecule has 1 heteroatoms. The lowest BCUT2D eigenvalue weighted by Gasteiger charge is -1.79. The molecule has 0 bridgehead atoms. The molecule has 0 nitrogen and oxygen atoms in total. The molecule has 34 valence electrons. The maximum absolute atomic E-state index is 2.17. The highest BCUT2D eigenvalue weighted by molar-refractivity contribution is 8.93. The summed E-state index contributed by atoms with van der Waals surface area (Å²) in [5.41, 5.74) is 0. The van der Waals surface area contributed by atoms with Crippen LogP contribution < -0.4 is 0 Å². The van der Waals surface area contributed by atoms with Gasteiger partial charge in [-0.3, -0.25) is 0 Å². The lowest BCUT2D eigenvalue weighted by atomic mass is 10.3. The Kier molecular flexibility index (Phi) is 8.14. The predicted molar refractivity (Wildman–Crippen MR) is 30.8 cm³/mol. The average Bonchev–Trinajstić information content (AvgIpc) is 0.811. The molecule has 0 fully saturated rings. The Bertz CT molecular complexity index is 8.36. The SMILES string of the molecule is Br.CC(C)C. The summed E-state index contributed by atoms with van der Waals surface area (Å²) in [6.07, 6.45) is 0. The minimum Gasteiger partial charge on any atom is -0.114 e. The molecular weight excluding hydrogens is 128 g/mol. The fraction of sp³-hybridized carbons (Fsp3) is 1.00. The first-order valence-electron chi connectivity index (χ1n) is 1.73. The van der Waals surface area contributed by atoms with Crippen LogP contribution in [0.4, 0.5) is 0 Å². The number of halogens is 1. The van der Waals surface area contributed by atoms with Gasteiger partial charge in [-0.2, -0.15) is 0 Å². The van der Waals surface area contributed by atoms with Gasteiger partial charge in [-0.25, -0.2) is 0 Å². The van der Waals surface area contributed by atoms with Crippen LogP contribution in [-0.2, 0) is 0 Å². The van der Waals surface area contributed by atoms with Gasteiger partial charge in [-0.05, 0) is 5.92 Å². The molecule has 0 aliphatic heterocycles. The second-order valence-corrected chi connectivity index (χ2v) is 1.73. The topological polar surface area (TPSA) is 0 Å². The van der Waals surface area contributed by atoms with Crippen molar-refractivity contribution in [3.63, 3.8) is 0 Å². The van der Waals surface area contributed by atoms with Gasteiger partial charge in [0, 0.05) is 0 Å². The van der Waals surface area contributed by atoms with E-state index in [1.54, 1.807) is 0 Å². The molecule has 5 heavy (non-hydrogen) atoms. The van der Waals surface area contributed by atoms with Gasteiger partial charge >= 0.3 is 0 Å². The van der Waals surface area contributed by atoms with Crippen molar-refractivity contribution in [2.24, 2.45) is 5.92 Å². The van der Waals surface area contributed by atoms with Crippen molar-refractivity contribution in [1.82, 2.24) is 0 Å². The third-order valence-electron chi connectivity index (χ3n) is 0. The molecular formula is C4H11Br. The molecule has 0 radical (unpaired) electrons. The van der Waals surface area contributed by atoms with E-state index in [4.69, 9.17) is 0 Å². The zero-order valence-electron chi connectivity index (χ0n) is 3.99. The van der Waals surface area contributed by atoms with E-state index in [0.29, 0.717) is 0 Å². The summed E-state index contributed by atoms with van der Waals surface area (Å²) in [6.45, 7) is 6.50. The van der Waals surface area contributed by atoms with Crippen molar-refractivity contribution < 1.29 is 0 Å². The fourth-order valence-electron chi connectivity index (χ4n) is 0. The Morgan fingerprint density at radius 2 is 1.00 bits per heavy atom. The van der Waals surface area contributed by atoms with Crippen molar-refractivity contribution in [1.29, 1.82) is 0 Å². The molecule has 0 saturated carbocycles. The summed E-state index contributed by atoms with van der Waals surface area (Å²) in [7, 11) is 0. The van der Waals surface area contributed by atoms with Gasteiger partial charge in [-0.15, -0.1) is 17.0 Å². The van der Waals surface area contributed by atoms with Gasteiger partial charge in [0.2, 0.25) is 0 Å². The smallest absolute Gasteiger partial charge is 0.0500 e. The molecule has 0 N–H and O–H groups in total. The maximum Gasteiger partial charge on any atom is -0.0500 e. The second kappa shape index (κ2) is 4.48. The predicted octanol–water partition coefficient (Wildman–Crippen LogP) is 2.24. The molecule has 0 heterocycles. The van der Waals surface area contributed by atoms with Crippen molar-refractivity contribution in [2.45, 2.75) is 20.8 Å². The third kappa shape index (κ3) is 120. The zero-order valence-corrected chi connectivity index (χ0v) is 5.70. The van der Waals surface area contributed by atoms with Crippen LogP contribution in [0.2, 0.25) is 0 Å². The summed E-state index contributed by atoms with van der Waals surface area (Å²) in [5, 5.41) is 0. The van der Waals surface area contributed by atoms with Crippen LogP contribution in [0.15, 0.2) is 0 Å². The van der Waals surface area contributed by atoms with E-state index in [-0.39, 0.29) is 17.0 Å². The molecule has 0 aromatic rings. The monoisotopic (exact) mass is 138 g/mol. The van der Waals surface area contributed by atoms with Crippen LogP contribution >= 0.6 is 17.0 Å².